The highest BCUT2D eigenvalue weighted by atomic mass is 35.5. The molecule has 2 bridgehead atoms. The monoisotopic (exact) mass is 428 g/mol. The summed E-state index contributed by atoms with van der Waals surface area (Å²) in [6, 6.07) is 7.90. The van der Waals surface area contributed by atoms with E-state index in [1.54, 1.807) is 7.05 Å². The van der Waals surface area contributed by atoms with Crippen LogP contribution in [0.4, 0.5) is 0 Å². The topological polar surface area (TPSA) is 73.8 Å². The second-order valence-electron chi connectivity index (χ2n) is 8.30. The van der Waals surface area contributed by atoms with E-state index >= 15 is 0 Å². The van der Waals surface area contributed by atoms with Crippen LogP contribution in [0.15, 0.2) is 41.4 Å². The molecule has 0 spiro atoms. The van der Waals surface area contributed by atoms with E-state index in [0.29, 0.717) is 19.5 Å². The number of imide groups is 1. The van der Waals surface area contributed by atoms with Crippen LogP contribution in [0.25, 0.3) is 0 Å². The molecule has 2 N–H and O–H groups in total. The molecule has 1 aromatic carbocycles. The summed E-state index contributed by atoms with van der Waals surface area (Å²) in [7, 11) is 1.74. The minimum Gasteiger partial charge on any atom is -0.356 e. The van der Waals surface area contributed by atoms with Crippen molar-refractivity contribution >= 4 is 29.4 Å². The molecule has 2 amide bonds. The second-order valence-corrected chi connectivity index (χ2v) is 8.71. The molecule has 6 nitrogen and oxygen atoms in total. The Bertz CT molecular complexity index is 839. The standard InChI is InChI=1S/C23H29ClN4O2/c1-25-23(26-11-4-7-15-6-2-3-8-18(15)24)27-12-5-13-28-21(29)19-16-9-10-17(14-16)20(19)22(28)30/h2-3,6,8-10,16-17,19-20H,4-5,7,11-14H2,1H3,(H2,25,26,27). The molecule has 0 aromatic heterocycles. The van der Waals surface area contributed by atoms with Gasteiger partial charge in [-0.05, 0) is 49.1 Å². The van der Waals surface area contributed by atoms with Crippen molar-refractivity contribution < 1.29 is 9.59 Å². The fourth-order valence-electron chi connectivity index (χ4n) is 5.04. The van der Waals surface area contributed by atoms with E-state index in [-0.39, 0.29) is 35.5 Å². The number of guanidine groups is 1. The number of nitrogens with one attached hydrogen (secondary N) is 2. The molecule has 1 saturated heterocycles. The summed E-state index contributed by atoms with van der Waals surface area (Å²) >= 11 is 6.19. The van der Waals surface area contributed by atoms with Crippen molar-refractivity contribution in [3.05, 3.63) is 47.0 Å². The van der Waals surface area contributed by atoms with Gasteiger partial charge in [0, 0.05) is 31.7 Å². The first-order valence-electron chi connectivity index (χ1n) is 10.8. The molecule has 2 aliphatic carbocycles. The Labute approximate surface area is 182 Å². The molecular weight excluding hydrogens is 400 g/mol. The Morgan fingerprint density at radius 3 is 2.33 bits per heavy atom. The second kappa shape index (κ2) is 9.21. The third-order valence-electron chi connectivity index (χ3n) is 6.51. The van der Waals surface area contributed by atoms with Crippen LogP contribution in [0.3, 0.4) is 0 Å². The van der Waals surface area contributed by atoms with E-state index in [4.69, 9.17) is 11.6 Å². The third-order valence-corrected chi connectivity index (χ3v) is 6.88. The minimum absolute atomic E-state index is 0.0314. The van der Waals surface area contributed by atoms with Crippen LogP contribution < -0.4 is 10.6 Å². The zero-order valence-corrected chi connectivity index (χ0v) is 18.1. The van der Waals surface area contributed by atoms with Gasteiger partial charge in [-0.1, -0.05) is 42.0 Å². The normalized spacial score (nSPS) is 27.1. The molecule has 0 radical (unpaired) electrons. The number of hydrogen-bond acceptors (Lipinski definition) is 3. The number of allylic oxidation sites excluding steroid dienone is 2. The Kier molecular flexibility index (Phi) is 6.42. The zero-order valence-electron chi connectivity index (χ0n) is 17.3. The smallest absolute Gasteiger partial charge is 0.233 e. The highest BCUT2D eigenvalue weighted by Gasteiger charge is 2.58. The quantitative estimate of drug-likeness (QED) is 0.219. The van der Waals surface area contributed by atoms with Gasteiger partial charge in [-0.2, -0.15) is 0 Å². The Balaban J connectivity index is 1.15. The lowest BCUT2D eigenvalue weighted by Gasteiger charge is -2.18. The van der Waals surface area contributed by atoms with Crippen LogP contribution in [0.2, 0.25) is 5.02 Å². The van der Waals surface area contributed by atoms with Gasteiger partial charge < -0.3 is 10.6 Å². The van der Waals surface area contributed by atoms with Gasteiger partial charge in [0.25, 0.3) is 0 Å². The highest BCUT2D eigenvalue weighted by Crippen LogP contribution is 2.52. The van der Waals surface area contributed by atoms with Crippen molar-refractivity contribution in [3.8, 4) is 0 Å². The lowest BCUT2D eigenvalue weighted by molar-refractivity contribution is -0.140. The van der Waals surface area contributed by atoms with Gasteiger partial charge in [0.2, 0.25) is 11.8 Å². The summed E-state index contributed by atoms with van der Waals surface area (Å²) in [5.74, 6) is 1.13. The Morgan fingerprint density at radius 1 is 1.07 bits per heavy atom. The third kappa shape index (κ3) is 4.10. The number of nitrogens with zero attached hydrogens (tertiary/aromatic N) is 2. The Morgan fingerprint density at radius 2 is 1.70 bits per heavy atom. The number of rotatable bonds is 8. The summed E-state index contributed by atoms with van der Waals surface area (Å²) < 4.78 is 0. The fraction of sp³-hybridized carbons (Fsp3) is 0.522. The van der Waals surface area contributed by atoms with Crippen molar-refractivity contribution in [1.82, 2.24) is 15.5 Å². The Hall–Kier alpha value is -2.34. The van der Waals surface area contributed by atoms with Gasteiger partial charge in [-0.15, -0.1) is 0 Å². The van der Waals surface area contributed by atoms with Gasteiger partial charge in [-0.25, -0.2) is 0 Å². The summed E-state index contributed by atoms with van der Waals surface area (Å²) in [5, 5.41) is 7.37. The number of carbonyl (C=O) groups excluding carboxylic acids is 2. The van der Waals surface area contributed by atoms with Crippen LogP contribution in [-0.2, 0) is 16.0 Å². The van der Waals surface area contributed by atoms with Crippen molar-refractivity contribution in [2.24, 2.45) is 28.7 Å². The van der Waals surface area contributed by atoms with Crippen molar-refractivity contribution in [1.29, 1.82) is 0 Å². The molecule has 30 heavy (non-hydrogen) atoms. The zero-order chi connectivity index (χ0) is 21.1. The van der Waals surface area contributed by atoms with Gasteiger partial charge in [0.1, 0.15) is 0 Å². The van der Waals surface area contributed by atoms with Gasteiger partial charge >= 0.3 is 0 Å². The summed E-state index contributed by atoms with van der Waals surface area (Å²) in [5.41, 5.74) is 1.15. The minimum atomic E-state index is -0.104. The number of likely N-dealkylation sites (tertiary alicyclic amines) is 1. The van der Waals surface area contributed by atoms with Gasteiger partial charge in [-0.3, -0.25) is 19.5 Å². The summed E-state index contributed by atoms with van der Waals surface area (Å²) in [4.78, 5) is 31.1. The predicted octanol–water partition coefficient (Wildman–Crippen LogP) is 2.63. The molecular formula is C23H29ClN4O2. The molecule has 7 heteroatoms. The summed E-state index contributed by atoms with van der Waals surface area (Å²) in [6.07, 6.45) is 7.79. The van der Waals surface area contributed by atoms with Crippen molar-refractivity contribution in [2.45, 2.75) is 25.7 Å². The average Bonchev–Trinajstić information content (AvgIpc) is 3.43. The molecule has 4 rings (SSSR count). The molecule has 4 atom stereocenters. The van der Waals surface area contributed by atoms with Crippen LogP contribution in [0.5, 0.6) is 0 Å². The van der Waals surface area contributed by atoms with E-state index in [1.807, 2.05) is 24.3 Å². The number of halogens is 1. The highest BCUT2D eigenvalue weighted by molar-refractivity contribution is 6.31. The SMILES string of the molecule is CN=C(NCCCc1ccccc1Cl)NCCCN1C(=O)C2C3C=CC(C3)C2C1=O. The first-order chi connectivity index (χ1) is 14.6. The maximum Gasteiger partial charge on any atom is 0.233 e. The van der Waals surface area contributed by atoms with E-state index in [1.165, 1.54) is 4.90 Å². The number of carbonyl (C=O) groups is 2. The van der Waals surface area contributed by atoms with Gasteiger partial charge in [0.05, 0.1) is 11.8 Å². The van der Waals surface area contributed by atoms with E-state index in [9.17, 15) is 9.59 Å². The predicted molar refractivity (Wildman–Crippen MR) is 118 cm³/mol. The number of amides is 2. The lowest BCUT2D eigenvalue weighted by atomic mass is 9.85. The molecule has 4 unspecified atom stereocenters. The molecule has 160 valence electrons. The van der Waals surface area contributed by atoms with Crippen LogP contribution in [0, 0.1) is 23.7 Å². The lowest BCUT2D eigenvalue weighted by Crippen LogP contribution is -2.40. The van der Waals surface area contributed by atoms with E-state index in [2.05, 4.69) is 27.8 Å². The van der Waals surface area contributed by atoms with Crippen molar-refractivity contribution in [3.63, 3.8) is 0 Å². The number of fused-ring (bicyclic) bond motifs is 5. The van der Waals surface area contributed by atoms with E-state index in [0.717, 1.165) is 42.4 Å². The average molecular weight is 429 g/mol. The number of hydrogen-bond donors (Lipinski definition) is 2. The van der Waals surface area contributed by atoms with Crippen LogP contribution >= 0.6 is 11.6 Å². The van der Waals surface area contributed by atoms with Crippen molar-refractivity contribution in [2.75, 3.05) is 26.7 Å². The molecule has 1 saturated carbocycles. The van der Waals surface area contributed by atoms with E-state index < -0.39 is 0 Å². The maximum absolute atomic E-state index is 12.7. The van der Waals surface area contributed by atoms with Gasteiger partial charge in [0.15, 0.2) is 5.96 Å². The largest absolute Gasteiger partial charge is 0.356 e. The number of benzene rings is 1. The van der Waals surface area contributed by atoms with Crippen LogP contribution in [0.1, 0.15) is 24.8 Å². The molecule has 2 fully saturated rings. The summed E-state index contributed by atoms with van der Waals surface area (Å²) in [6.45, 7) is 1.91. The number of aryl methyl sites for hydroxylation is 1. The molecule has 1 heterocycles. The first kappa shape index (κ1) is 20.9. The maximum atomic E-state index is 12.7. The fourth-order valence-corrected chi connectivity index (χ4v) is 5.27. The molecule has 1 aliphatic heterocycles. The van der Waals surface area contributed by atoms with Crippen LogP contribution in [-0.4, -0.2) is 49.4 Å². The first-order valence-corrected chi connectivity index (χ1v) is 11.2. The molecule has 3 aliphatic rings. The molecule has 1 aromatic rings. The number of aliphatic imine (C=N–C) groups is 1.